The zero-order valence-electron chi connectivity index (χ0n) is 10.2. The van der Waals surface area contributed by atoms with E-state index in [1.165, 1.54) is 11.3 Å². The largest absolute Gasteiger partial charge is 0.495 e. The minimum Gasteiger partial charge on any atom is -0.495 e. The van der Waals surface area contributed by atoms with Crippen LogP contribution in [0.2, 0.25) is 0 Å². The number of amides is 1. The second-order valence-electron chi connectivity index (χ2n) is 4.37. The molecule has 1 amide bonds. The van der Waals surface area contributed by atoms with E-state index in [9.17, 15) is 4.79 Å². The van der Waals surface area contributed by atoms with E-state index in [2.05, 4.69) is 17.6 Å². The van der Waals surface area contributed by atoms with Crippen LogP contribution in [0.5, 0.6) is 5.75 Å². The number of ether oxygens (including phenoxy) is 1. The Kier molecular flexibility index (Phi) is 4.02. The molecule has 0 saturated carbocycles. The van der Waals surface area contributed by atoms with Crippen LogP contribution in [0.1, 0.15) is 23.0 Å². The van der Waals surface area contributed by atoms with Crippen molar-refractivity contribution in [3.63, 3.8) is 0 Å². The Morgan fingerprint density at radius 1 is 1.65 bits per heavy atom. The molecule has 1 aromatic rings. The van der Waals surface area contributed by atoms with Crippen molar-refractivity contribution in [2.45, 2.75) is 19.4 Å². The summed E-state index contributed by atoms with van der Waals surface area (Å²) in [6.07, 6.45) is 1.10. The number of nitrogens with one attached hydrogen (secondary N) is 2. The van der Waals surface area contributed by atoms with E-state index in [0.717, 1.165) is 19.5 Å². The molecule has 2 N–H and O–H groups in total. The predicted octanol–water partition coefficient (Wildman–Crippen LogP) is 1.48. The third-order valence-electron chi connectivity index (χ3n) is 3.20. The molecule has 0 bridgehead atoms. The number of piperidine rings is 1. The molecule has 0 radical (unpaired) electrons. The van der Waals surface area contributed by atoms with Gasteiger partial charge in [0.25, 0.3) is 5.91 Å². The van der Waals surface area contributed by atoms with E-state index in [0.29, 0.717) is 16.5 Å². The lowest BCUT2D eigenvalue weighted by Gasteiger charge is -2.30. The van der Waals surface area contributed by atoms with Gasteiger partial charge in [-0.2, -0.15) is 0 Å². The van der Waals surface area contributed by atoms with Gasteiger partial charge in [0.1, 0.15) is 10.6 Å². The van der Waals surface area contributed by atoms with Gasteiger partial charge in [0.2, 0.25) is 0 Å². The summed E-state index contributed by atoms with van der Waals surface area (Å²) in [5, 5.41) is 8.25. The summed E-state index contributed by atoms with van der Waals surface area (Å²) in [5.41, 5.74) is 0. The number of carbonyl (C=O) groups excluding carboxylic acids is 1. The highest BCUT2D eigenvalue weighted by atomic mass is 32.1. The molecule has 1 fully saturated rings. The molecule has 0 aromatic carbocycles. The van der Waals surface area contributed by atoms with E-state index in [-0.39, 0.29) is 11.9 Å². The smallest absolute Gasteiger partial charge is 0.265 e. The topological polar surface area (TPSA) is 50.4 Å². The molecular formula is C12H18N2O2S. The molecule has 2 unspecified atom stereocenters. The van der Waals surface area contributed by atoms with Gasteiger partial charge in [0, 0.05) is 12.6 Å². The predicted molar refractivity (Wildman–Crippen MR) is 68.8 cm³/mol. The highest BCUT2D eigenvalue weighted by Gasteiger charge is 2.24. The minimum absolute atomic E-state index is 0.0302. The molecule has 1 saturated heterocycles. The summed E-state index contributed by atoms with van der Waals surface area (Å²) >= 11 is 1.41. The highest BCUT2D eigenvalue weighted by molar-refractivity contribution is 7.12. The average Bonchev–Trinajstić information content (AvgIpc) is 2.80. The normalized spacial score (nSPS) is 24.4. The fourth-order valence-corrected chi connectivity index (χ4v) is 2.80. The molecule has 2 heterocycles. The molecule has 1 aliphatic rings. The van der Waals surface area contributed by atoms with E-state index < -0.39 is 0 Å². The summed E-state index contributed by atoms with van der Waals surface area (Å²) in [7, 11) is 1.59. The lowest BCUT2D eigenvalue weighted by atomic mass is 9.95. The third-order valence-corrected chi connectivity index (χ3v) is 4.09. The van der Waals surface area contributed by atoms with Crippen molar-refractivity contribution in [1.29, 1.82) is 0 Å². The summed E-state index contributed by atoms with van der Waals surface area (Å²) in [6, 6.07) is 2.03. The van der Waals surface area contributed by atoms with Gasteiger partial charge < -0.3 is 15.4 Å². The van der Waals surface area contributed by atoms with Crippen molar-refractivity contribution < 1.29 is 9.53 Å². The Bertz CT molecular complexity index is 392. The van der Waals surface area contributed by atoms with Gasteiger partial charge in [-0.25, -0.2) is 0 Å². The van der Waals surface area contributed by atoms with Gasteiger partial charge in [-0.3, -0.25) is 4.79 Å². The molecule has 4 nitrogen and oxygen atoms in total. The molecule has 94 valence electrons. The number of thiophene rings is 1. The van der Waals surface area contributed by atoms with Crippen LogP contribution in [0.4, 0.5) is 0 Å². The third kappa shape index (κ3) is 2.79. The summed E-state index contributed by atoms with van der Waals surface area (Å²) in [6.45, 7) is 4.06. The SMILES string of the molecule is COc1ccsc1C(=O)NC1CNCCC1C. The number of carbonyl (C=O) groups is 1. The molecule has 1 aliphatic heterocycles. The fourth-order valence-electron chi connectivity index (χ4n) is 2.04. The fraction of sp³-hybridized carbons (Fsp3) is 0.583. The average molecular weight is 254 g/mol. The Balaban J connectivity index is 2.01. The first kappa shape index (κ1) is 12.4. The van der Waals surface area contributed by atoms with Gasteiger partial charge in [0.05, 0.1) is 7.11 Å². The van der Waals surface area contributed by atoms with E-state index in [1.54, 1.807) is 7.11 Å². The zero-order valence-corrected chi connectivity index (χ0v) is 11.0. The van der Waals surface area contributed by atoms with E-state index >= 15 is 0 Å². The quantitative estimate of drug-likeness (QED) is 0.859. The first-order valence-electron chi connectivity index (χ1n) is 5.85. The van der Waals surface area contributed by atoms with Crippen LogP contribution in [-0.2, 0) is 0 Å². The maximum atomic E-state index is 12.1. The van der Waals surface area contributed by atoms with Gasteiger partial charge in [0.15, 0.2) is 0 Å². The molecule has 5 heteroatoms. The Hall–Kier alpha value is -1.07. The second kappa shape index (κ2) is 5.51. The second-order valence-corrected chi connectivity index (χ2v) is 5.28. The Morgan fingerprint density at radius 2 is 2.47 bits per heavy atom. The van der Waals surface area contributed by atoms with Gasteiger partial charge in [-0.05, 0) is 30.3 Å². The first-order chi connectivity index (χ1) is 8.22. The number of methoxy groups -OCH3 is 1. The molecule has 0 spiro atoms. The first-order valence-corrected chi connectivity index (χ1v) is 6.73. The standard InChI is InChI=1S/C12H18N2O2S/c1-8-3-5-13-7-9(8)14-12(15)11-10(16-2)4-6-17-11/h4,6,8-9,13H,3,5,7H2,1-2H3,(H,14,15). The van der Waals surface area contributed by atoms with E-state index in [1.807, 2.05) is 11.4 Å². The van der Waals surface area contributed by atoms with Crippen LogP contribution in [0.25, 0.3) is 0 Å². The molecule has 17 heavy (non-hydrogen) atoms. The van der Waals surface area contributed by atoms with Crippen molar-refractivity contribution in [3.05, 3.63) is 16.3 Å². The molecule has 0 aliphatic carbocycles. The monoisotopic (exact) mass is 254 g/mol. The van der Waals surface area contributed by atoms with Crippen LogP contribution >= 0.6 is 11.3 Å². The van der Waals surface area contributed by atoms with Gasteiger partial charge in [-0.15, -0.1) is 11.3 Å². The van der Waals surface area contributed by atoms with Crippen LogP contribution in [0.3, 0.4) is 0 Å². The van der Waals surface area contributed by atoms with Crippen molar-refractivity contribution in [2.75, 3.05) is 20.2 Å². The van der Waals surface area contributed by atoms with Crippen molar-refractivity contribution >= 4 is 17.2 Å². The molecule has 1 aromatic heterocycles. The molecule has 2 atom stereocenters. The van der Waals surface area contributed by atoms with E-state index in [4.69, 9.17) is 4.74 Å². The Labute approximate surface area is 105 Å². The van der Waals surface area contributed by atoms with Crippen LogP contribution in [0, 0.1) is 5.92 Å². The minimum atomic E-state index is -0.0302. The van der Waals surface area contributed by atoms with Crippen molar-refractivity contribution in [1.82, 2.24) is 10.6 Å². The van der Waals surface area contributed by atoms with Gasteiger partial charge >= 0.3 is 0 Å². The summed E-state index contributed by atoms with van der Waals surface area (Å²) < 4.78 is 5.16. The molecular weight excluding hydrogens is 236 g/mol. The highest BCUT2D eigenvalue weighted by Crippen LogP contribution is 2.24. The number of rotatable bonds is 3. The number of hydrogen-bond acceptors (Lipinski definition) is 4. The lowest BCUT2D eigenvalue weighted by Crippen LogP contribution is -2.50. The van der Waals surface area contributed by atoms with Crippen LogP contribution in [-0.4, -0.2) is 32.1 Å². The van der Waals surface area contributed by atoms with Crippen LogP contribution in [0.15, 0.2) is 11.4 Å². The van der Waals surface area contributed by atoms with Crippen LogP contribution < -0.4 is 15.4 Å². The zero-order chi connectivity index (χ0) is 12.3. The maximum absolute atomic E-state index is 12.1. The molecule has 2 rings (SSSR count). The number of hydrogen-bond donors (Lipinski definition) is 2. The van der Waals surface area contributed by atoms with Crippen molar-refractivity contribution in [3.8, 4) is 5.75 Å². The lowest BCUT2D eigenvalue weighted by molar-refractivity contribution is 0.0916. The van der Waals surface area contributed by atoms with Crippen molar-refractivity contribution in [2.24, 2.45) is 5.92 Å². The maximum Gasteiger partial charge on any atom is 0.265 e. The van der Waals surface area contributed by atoms with Gasteiger partial charge in [-0.1, -0.05) is 6.92 Å². The summed E-state index contributed by atoms with van der Waals surface area (Å²) in [4.78, 5) is 12.7. The summed E-state index contributed by atoms with van der Waals surface area (Å²) in [5.74, 6) is 1.15. The Morgan fingerprint density at radius 3 is 3.18 bits per heavy atom.